The summed E-state index contributed by atoms with van der Waals surface area (Å²) in [6.07, 6.45) is 1.24. The molecule has 92 valence electrons. The van der Waals surface area contributed by atoms with Crippen LogP contribution in [-0.4, -0.2) is 27.2 Å². The molecule has 1 aromatic carbocycles. The van der Waals surface area contributed by atoms with Crippen molar-refractivity contribution in [3.05, 3.63) is 41.8 Å². The summed E-state index contributed by atoms with van der Waals surface area (Å²) in [5.41, 5.74) is 0.0663. The number of phenols is 1. The zero-order valence-electron chi connectivity index (χ0n) is 8.95. The van der Waals surface area contributed by atoms with Crippen LogP contribution < -0.4 is 5.32 Å². The Hall–Kier alpha value is -2.83. The van der Waals surface area contributed by atoms with Gasteiger partial charge < -0.3 is 20.1 Å². The van der Waals surface area contributed by atoms with E-state index in [9.17, 15) is 14.7 Å². The van der Waals surface area contributed by atoms with Crippen molar-refractivity contribution >= 4 is 17.6 Å². The Morgan fingerprint density at radius 1 is 1.28 bits per heavy atom. The molecule has 0 fully saturated rings. The summed E-state index contributed by atoms with van der Waals surface area (Å²) in [5, 5.41) is 24.1. The average Bonchev–Trinajstić information content (AvgIpc) is 2.85. The smallest absolute Gasteiger partial charge is 0.335 e. The number of amides is 1. The average molecular weight is 248 g/mol. The van der Waals surface area contributed by atoms with Gasteiger partial charge in [0.15, 0.2) is 5.69 Å². The Labute approximate surface area is 101 Å². The summed E-state index contributed by atoms with van der Waals surface area (Å²) in [6, 6.07) is 4.95. The molecule has 1 aromatic heterocycles. The lowest BCUT2D eigenvalue weighted by Crippen LogP contribution is -2.12. The lowest BCUT2D eigenvalue weighted by molar-refractivity contribution is 0.0696. The highest BCUT2D eigenvalue weighted by atomic mass is 16.5. The molecule has 2 rings (SSSR count). The lowest BCUT2D eigenvalue weighted by Gasteiger charge is -2.06. The number of aromatic carboxylic acids is 1. The maximum absolute atomic E-state index is 11.6. The van der Waals surface area contributed by atoms with Crippen LogP contribution in [0.4, 0.5) is 5.69 Å². The second-order valence-corrected chi connectivity index (χ2v) is 3.38. The Balaban J connectivity index is 2.20. The van der Waals surface area contributed by atoms with Gasteiger partial charge in [-0.2, -0.15) is 0 Å². The number of nitrogens with one attached hydrogen (secondary N) is 1. The molecule has 0 aliphatic rings. The maximum Gasteiger partial charge on any atom is 0.335 e. The van der Waals surface area contributed by atoms with Crippen LogP contribution in [-0.2, 0) is 0 Å². The van der Waals surface area contributed by atoms with Crippen LogP contribution in [0, 0.1) is 0 Å². The maximum atomic E-state index is 11.6. The topological polar surface area (TPSA) is 113 Å². The number of benzene rings is 1. The molecule has 1 heterocycles. The molecule has 0 radical (unpaired) electrons. The van der Waals surface area contributed by atoms with Crippen molar-refractivity contribution in [2.24, 2.45) is 0 Å². The van der Waals surface area contributed by atoms with E-state index in [0.29, 0.717) is 0 Å². The van der Waals surface area contributed by atoms with E-state index >= 15 is 0 Å². The van der Waals surface area contributed by atoms with Crippen LogP contribution in [0.3, 0.4) is 0 Å². The van der Waals surface area contributed by atoms with Gasteiger partial charge in [0.1, 0.15) is 12.0 Å². The fourth-order valence-corrected chi connectivity index (χ4v) is 1.29. The molecular weight excluding hydrogens is 240 g/mol. The predicted molar refractivity (Wildman–Crippen MR) is 59.5 cm³/mol. The largest absolute Gasteiger partial charge is 0.506 e. The third-order valence-corrected chi connectivity index (χ3v) is 2.16. The number of hydrogen-bond acceptors (Lipinski definition) is 5. The monoisotopic (exact) mass is 248 g/mol. The second kappa shape index (κ2) is 4.58. The number of anilines is 1. The van der Waals surface area contributed by atoms with Crippen molar-refractivity contribution in [3.8, 4) is 5.75 Å². The van der Waals surface area contributed by atoms with Gasteiger partial charge in [-0.3, -0.25) is 4.79 Å². The Kier molecular flexibility index (Phi) is 2.96. The third-order valence-electron chi connectivity index (χ3n) is 2.16. The van der Waals surface area contributed by atoms with E-state index in [0.717, 1.165) is 6.07 Å². The number of carboxylic acid groups (broad SMARTS) is 1. The molecule has 18 heavy (non-hydrogen) atoms. The zero-order chi connectivity index (χ0) is 13.1. The number of aromatic hydroxyl groups is 1. The highest BCUT2D eigenvalue weighted by Crippen LogP contribution is 2.24. The Morgan fingerprint density at radius 2 is 2.06 bits per heavy atom. The number of rotatable bonds is 3. The molecule has 0 saturated carbocycles. The van der Waals surface area contributed by atoms with Gasteiger partial charge >= 0.3 is 5.97 Å². The number of carbonyl (C=O) groups is 2. The number of carboxylic acids is 1. The minimum absolute atomic E-state index is 0.0525. The fraction of sp³-hybridized carbons (Fsp3) is 0. The fourth-order valence-electron chi connectivity index (χ4n) is 1.29. The van der Waals surface area contributed by atoms with Gasteiger partial charge in [-0.15, -0.1) is 0 Å². The van der Waals surface area contributed by atoms with Crippen molar-refractivity contribution in [3.63, 3.8) is 0 Å². The Bertz CT molecular complexity index is 591. The van der Waals surface area contributed by atoms with E-state index in [1.165, 1.54) is 24.5 Å². The van der Waals surface area contributed by atoms with Gasteiger partial charge in [0.25, 0.3) is 5.91 Å². The zero-order valence-corrected chi connectivity index (χ0v) is 8.95. The third kappa shape index (κ3) is 2.29. The highest BCUT2D eigenvalue weighted by Gasteiger charge is 2.13. The van der Waals surface area contributed by atoms with Gasteiger partial charge in [0.2, 0.25) is 0 Å². The predicted octanol–water partition coefficient (Wildman–Crippen LogP) is 1.33. The quantitative estimate of drug-likeness (QED) is 0.706. The first-order valence-electron chi connectivity index (χ1n) is 4.86. The van der Waals surface area contributed by atoms with E-state index < -0.39 is 11.9 Å². The van der Waals surface area contributed by atoms with E-state index in [1.807, 2.05) is 0 Å². The number of nitrogens with zero attached hydrogens (tertiary/aromatic N) is 1. The summed E-state index contributed by atoms with van der Waals surface area (Å²) < 4.78 is 4.50. The van der Waals surface area contributed by atoms with Crippen LogP contribution in [0.25, 0.3) is 0 Å². The highest BCUT2D eigenvalue weighted by molar-refractivity contribution is 6.03. The molecule has 7 nitrogen and oxygen atoms in total. The van der Waals surface area contributed by atoms with Crippen LogP contribution >= 0.6 is 0 Å². The normalized spacial score (nSPS) is 10.0. The van der Waals surface area contributed by atoms with E-state index in [4.69, 9.17) is 5.11 Å². The number of carbonyl (C=O) groups excluding carboxylic acids is 1. The van der Waals surface area contributed by atoms with E-state index in [2.05, 4.69) is 15.0 Å². The van der Waals surface area contributed by atoms with E-state index in [1.54, 1.807) is 0 Å². The molecule has 0 spiro atoms. The molecule has 0 unspecified atom stereocenters. The van der Waals surface area contributed by atoms with E-state index in [-0.39, 0.29) is 22.7 Å². The van der Waals surface area contributed by atoms with Crippen molar-refractivity contribution in [1.82, 2.24) is 5.16 Å². The summed E-state index contributed by atoms with van der Waals surface area (Å²) >= 11 is 0. The minimum atomic E-state index is -1.17. The molecule has 2 aromatic rings. The van der Waals surface area contributed by atoms with Gasteiger partial charge in [-0.1, -0.05) is 5.16 Å². The lowest BCUT2D eigenvalue weighted by atomic mass is 10.2. The van der Waals surface area contributed by atoms with Crippen molar-refractivity contribution < 1.29 is 24.3 Å². The van der Waals surface area contributed by atoms with Crippen LogP contribution in [0.2, 0.25) is 0 Å². The number of aromatic nitrogens is 1. The standard InChI is InChI=1S/C11H8N2O5/c14-9-5-6(11(16)17)1-2-7(9)12-10(15)8-3-4-18-13-8/h1-5,14H,(H,12,15)(H,16,17). The molecule has 0 aliphatic carbocycles. The summed E-state index contributed by atoms with van der Waals surface area (Å²) in [4.78, 5) is 22.2. The van der Waals surface area contributed by atoms with Gasteiger partial charge in [-0.25, -0.2) is 4.79 Å². The summed E-state index contributed by atoms with van der Waals surface area (Å²) in [7, 11) is 0. The SMILES string of the molecule is O=C(O)c1ccc(NC(=O)c2ccon2)c(O)c1. The minimum Gasteiger partial charge on any atom is -0.506 e. The molecule has 1 amide bonds. The summed E-state index contributed by atoms with van der Waals surface area (Å²) in [5.74, 6) is -2.08. The number of hydrogen-bond donors (Lipinski definition) is 3. The molecule has 7 heteroatoms. The molecular formula is C11H8N2O5. The molecule has 0 bridgehead atoms. The molecule has 0 aliphatic heterocycles. The molecule has 3 N–H and O–H groups in total. The van der Waals surface area contributed by atoms with Gasteiger partial charge in [0, 0.05) is 6.07 Å². The van der Waals surface area contributed by atoms with Crippen molar-refractivity contribution in [2.45, 2.75) is 0 Å². The Morgan fingerprint density at radius 3 is 2.61 bits per heavy atom. The first-order chi connectivity index (χ1) is 8.58. The van der Waals surface area contributed by atoms with Crippen LogP contribution in [0.1, 0.15) is 20.8 Å². The van der Waals surface area contributed by atoms with Gasteiger partial charge in [-0.05, 0) is 18.2 Å². The molecule has 0 saturated heterocycles. The van der Waals surface area contributed by atoms with Crippen LogP contribution in [0.15, 0.2) is 35.1 Å². The summed E-state index contributed by atoms with van der Waals surface area (Å²) in [6.45, 7) is 0. The van der Waals surface area contributed by atoms with Crippen molar-refractivity contribution in [1.29, 1.82) is 0 Å². The van der Waals surface area contributed by atoms with Gasteiger partial charge in [0.05, 0.1) is 11.3 Å². The first-order valence-corrected chi connectivity index (χ1v) is 4.86. The number of phenolic OH excluding ortho intramolecular Hbond substituents is 1. The molecule has 0 atom stereocenters. The second-order valence-electron chi connectivity index (χ2n) is 3.38. The first kappa shape index (κ1) is 11.6. The van der Waals surface area contributed by atoms with Crippen molar-refractivity contribution in [2.75, 3.05) is 5.32 Å². The van der Waals surface area contributed by atoms with Crippen LogP contribution in [0.5, 0.6) is 5.75 Å².